The zero-order chi connectivity index (χ0) is 19.1. The number of hydrogen-bond acceptors (Lipinski definition) is 3. The number of likely N-dealkylation sites (N-methyl/N-ethyl adjacent to an activating group) is 1. The molecule has 1 aromatic carbocycles. The van der Waals surface area contributed by atoms with E-state index in [0.717, 1.165) is 19.1 Å². The quantitative estimate of drug-likeness (QED) is 0.592. The second kappa shape index (κ2) is 9.47. The Bertz CT molecular complexity index is 646. The molecule has 2 atom stereocenters. The largest absolute Gasteiger partial charge is 0.381 e. The van der Waals surface area contributed by atoms with Crippen LogP contribution in [-0.2, 0) is 9.53 Å². The van der Waals surface area contributed by atoms with Crippen molar-refractivity contribution in [1.82, 2.24) is 15.5 Å². The average molecular weight is 368 g/mol. The molecular formula is C18H26F2N4O2. The maximum atomic E-state index is 14.0. The maximum absolute atomic E-state index is 14.0. The number of nitrogens with one attached hydrogen (secondary N) is 2. The summed E-state index contributed by atoms with van der Waals surface area (Å²) in [7, 11) is 3.32. The van der Waals surface area contributed by atoms with Gasteiger partial charge in [-0.15, -0.1) is 0 Å². The maximum Gasteiger partial charge on any atom is 0.243 e. The predicted molar refractivity (Wildman–Crippen MR) is 95.8 cm³/mol. The molecule has 2 unspecified atom stereocenters. The van der Waals surface area contributed by atoms with Gasteiger partial charge in [0, 0.05) is 44.8 Å². The molecule has 1 heterocycles. The predicted octanol–water partition coefficient (Wildman–Crippen LogP) is 1.69. The van der Waals surface area contributed by atoms with Crippen molar-refractivity contribution in [3.05, 3.63) is 35.4 Å². The molecule has 144 valence electrons. The van der Waals surface area contributed by atoms with Crippen LogP contribution >= 0.6 is 0 Å². The van der Waals surface area contributed by atoms with Crippen LogP contribution in [0.3, 0.4) is 0 Å². The topological polar surface area (TPSA) is 66.0 Å². The summed E-state index contributed by atoms with van der Waals surface area (Å²) in [6.07, 6.45) is 0.957. The summed E-state index contributed by atoms with van der Waals surface area (Å²) in [4.78, 5) is 17.5. The number of halogens is 2. The number of amides is 1. The van der Waals surface area contributed by atoms with Crippen LogP contribution < -0.4 is 10.6 Å². The van der Waals surface area contributed by atoms with E-state index in [1.807, 2.05) is 0 Å². The van der Waals surface area contributed by atoms with Gasteiger partial charge >= 0.3 is 0 Å². The van der Waals surface area contributed by atoms with E-state index in [9.17, 15) is 13.6 Å². The number of rotatable bonds is 6. The van der Waals surface area contributed by atoms with Gasteiger partial charge in [-0.1, -0.05) is 6.07 Å². The Hall–Kier alpha value is -2.22. The fraction of sp³-hybridized carbons (Fsp3) is 0.556. The van der Waals surface area contributed by atoms with E-state index in [4.69, 9.17) is 4.74 Å². The SMILES string of the molecule is CC(NC(=NCC(=O)N(C)C)NCC1CCOC1)c1ccc(F)cc1F. The average Bonchev–Trinajstić information content (AvgIpc) is 3.10. The number of guanidine groups is 1. The molecule has 0 spiro atoms. The highest BCUT2D eigenvalue weighted by Crippen LogP contribution is 2.17. The Morgan fingerprint density at radius 2 is 2.19 bits per heavy atom. The van der Waals surface area contributed by atoms with Crippen LogP contribution in [0.25, 0.3) is 0 Å². The Balaban J connectivity index is 2.05. The van der Waals surface area contributed by atoms with Crippen LogP contribution in [0.5, 0.6) is 0 Å². The lowest BCUT2D eigenvalue weighted by Crippen LogP contribution is -2.42. The molecule has 0 radical (unpaired) electrons. The monoisotopic (exact) mass is 368 g/mol. The molecule has 0 aliphatic carbocycles. The van der Waals surface area contributed by atoms with E-state index >= 15 is 0 Å². The first-order valence-electron chi connectivity index (χ1n) is 8.64. The van der Waals surface area contributed by atoms with Gasteiger partial charge in [0.05, 0.1) is 12.6 Å². The van der Waals surface area contributed by atoms with E-state index < -0.39 is 17.7 Å². The fourth-order valence-corrected chi connectivity index (χ4v) is 2.56. The van der Waals surface area contributed by atoms with Gasteiger partial charge in [-0.2, -0.15) is 0 Å². The number of ether oxygens (including phenoxy) is 1. The van der Waals surface area contributed by atoms with Crippen molar-refractivity contribution in [2.24, 2.45) is 10.9 Å². The molecule has 1 amide bonds. The first-order valence-corrected chi connectivity index (χ1v) is 8.64. The number of carbonyl (C=O) groups excluding carboxylic acids is 1. The third-order valence-corrected chi connectivity index (χ3v) is 4.24. The number of nitrogens with zero attached hydrogens (tertiary/aromatic N) is 2. The van der Waals surface area contributed by atoms with Crippen molar-refractivity contribution in [3.8, 4) is 0 Å². The molecule has 6 nitrogen and oxygen atoms in total. The number of hydrogen-bond donors (Lipinski definition) is 2. The summed E-state index contributed by atoms with van der Waals surface area (Å²) >= 11 is 0. The molecule has 1 aliphatic rings. The minimum Gasteiger partial charge on any atom is -0.381 e. The summed E-state index contributed by atoms with van der Waals surface area (Å²) in [5, 5.41) is 6.26. The second-order valence-corrected chi connectivity index (χ2v) is 6.60. The minimum atomic E-state index is -0.627. The molecule has 1 saturated heterocycles. The Morgan fingerprint density at radius 1 is 1.42 bits per heavy atom. The summed E-state index contributed by atoms with van der Waals surface area (Å²) in [5.41, 5.74) is 0.323. The van der Waals surface area contributed by atoms with E-state index in [-0.39, 0.29) is 12.5 Å². The van der Waals surface area contributed by atoms with Gasteiger partial charge in [0.2, 0.25) is 5.91 Å². The smallest absolute Gasteiger partial charge is 0.243 e. The van der Waals surface area contributed by atoms with Gasteiger partial charge in [0.25, 0.3) is 0 Å². The highest BCUT2D eigenvalue weighted by atomic mass is 19.1. The lowest BCUT2D eigenvalue weighted by atomic mass is 10.1. The second-order valence-electron chi connectivity index (χ2n) is 6.60. The van der Waals surface area contributed by atoms with Crippen molar-refractivity contribution >= 4 is 11.9 Å². The molecule has 2 N–H and O–H groups in total. The van der Waals surface area contributed by atoms with Gasteiger partial charge in [-0.05, 0) is 19.4 Å². The van der Waals surface area contributed by atoms with Crippen LogP contribution in [0, 0.1) is 17.6 Å². The Kier molecular flexibility index (Phi) is 7.32. The van der Waals surface area contributed by atoms with Gasteiger partial charge in [0.15, 0.2) is 5.96 Å². The number of benzene rings is 1. The Morgan fingerprint density at radius 3 is 2.81 bits per heavy atom. The zero-order valence-electron chi connectivity index (χ0n) is 15.4. The molecule has 1 aromatic rings. The van der Waals surface area contributed by atoms with E-state index in [1.54, 1.807) is 21.0 Å². The summed E-state index contributed by atoms with van der Waals surface area (Å²) < 4.78 is 32.4. The molecule has 1 aliphatic heterocycles. The lowest BCUT2D eigenvalue weighted by Gasteiger charge is -2.20. The molecule has 26 heavy (non-hydrogen) atoms. The summed E-state index contributed by atoms with van der Waals surface area (Å²) in [6, 6.07) is 3.02. The summed E-state index contributed by atoms with van der Waals surface area (Å²) in [5.74, 6) is -0.621. The van der Waals surface area contributed by atoms with Crippen LogP contribution in [0.1, 0.15) is 24.9 Å². The standard InChI is InChI=1S/C18H26F2N4O2/c1-12(15-5-4-14(19)8-16(15)20)23-18(22-10-17(25)24(2)3)21-9-13-6-7-26-11-13/h4-5,8,12-13H,6-7,9-11H2,1-3H3,(H2,21,22,23). The molecule has 8 heteroatoms. The van der Waals surface area contributed by atoms with Gasteiger partial charge in [-0.25, -0.2) is 13.8 Å². The fourth-order valence-electron chi connectivity index (χ4n) is 2.56. The molecule has 0 bridgehead atoms. The number of carbonyl (C=O) groups is 1. The Labute approximate surface area is 152 Å². The summed E-state index contributed by atoms with van der Waals surface area (Å²) in [6.45, 7) is 3.78. The first kappa shape index (κ1) is 20.1. The normalized spacial score (nSPS) is 18.5. The zero-order valence-corrected chi connectivity index (χ0v) is 15.4. The third kappa shape index (κ3) is 5.94. The van der Waals surface area contributed by atoms with Crippen LogP contribution in [0.4, 0.5) is 8.78 Å². The van der Waals surface area contributed by atoms with Gasteiger partial charge in [-0.3, -0.25) is 4.79 Å². The van der Waals surface area contributed by atoms with Crippen LogP contribution in [0.15, 0.2) is 23.2 Å². The van der Waals surface area contributed by atoms with Crippen LogP contribution in [0.2, 0.25) is 0 Å². The van der Waals surface area contributed by atoms with Crippen molar-refractivity contribution in [1.29, 1.82) is 0 Å². The molecule has 2 rings (SSSR count). The van der Waals surface area contributed by atoms with E-state index in [0.29, 0.717) is 30.6 Å². The lowest BCUT2D eigenvalue weighted by molar-refractivity contribution is -0.127. The highest BCUT2D eigenvalue weighted by Gasteiger charge is 2.18. The molecule has 1 fully saturated rings. The third-order valence-electron chi connectivity index (χ3n) is 4.24. The van der Waals surface area contributed by atoms with Crippen molar-refractivity contribution < 1.29 is 18.3 Å². The van der Waals surface area contributed by atoms with Crippen molar-refractivity contribution in [2.75, 3.05) is 40.4 Å². The van der Waals surface area contributed by atoms with Crippen molar-refractivity contribution in [3.63, 3.8) is 0 Å². The van der Waals surface area contributed by atoms with E-state index in [1.165, 1.54) is 17.0 Å². The van der Waals surface area contributed by atoms with Gasteiger partial charge in [0.1, 0.15) is 18.2 Å². The molecule has 0 aromatic heterocycles. The first-order chi connectivity index (χ1) is 12.4. The van der Waals surface area contributed by atoms with Crippen LogP contribution in [-0.4, -0.2) is 57.2 Å². The van der Waals surface area contributed by atoms with E-state index in [2.05, 4.69) is 15.6 Å². The number of aliphatic imine (C=N–C) groups is 1. The highest BCUT2D eigenvalue weighted by molar-refractivity contribution is 5.85. The molecule has 0 saturated carbocycles. The minimum absolute atomic E-state index is 0.0257. The molecular weight excluding hydrogens is 342 g/mol. The van der Waals surface area contributed by atoms with Crippen molar-refractivity contribution in [2.45, 2.75) is 19.4 Å². The van der Waals surface area contributed by atoms with Gasteiger partial charge < -0.3 is 20.3 Å².